The molecule has 0 aliphatic carbocycles. The third kappa shape index (κ3) is 2.87. The first-order valence-corrected chi connectivity index (χ1v) is 6.58. The molecule has 1 N–H and O–H groups in total. The maximum Gasteiger partial charge on any atom is 0.317 e. The van der Waals surface area contributed by atoms with Gasteiger partial charge in [-0.05, 0) is 29.7 Å². The number of halogens is 3. The molecular formula is C12H13Cl2FN2O. The molecule has 2 rings (SSSR count). The van der Waals surface area contributed by atoms with Crippen LogP contribution in [-0.2, 0) is 12.3 Å². The molecular weight excluding hydrogens is 278 g/mol. The van der Waals surface area contributed by atoms with Crippen molar-refractivity contribution in [1.29, 1.82) is 0 Å². The Kier molecular flexibility index (Phi) is 4.30. The molecule has 0 radical (unpaired) electrons. The number of rotatable bonds is 4. The molecule has 0 atom stereocenters. The Morgan fingerprint density at radius 2 is 2.22 bits per heavy atom. The van der Waals surface area contributed by atoms with Crippen LogP contribution < -0.4 is 5.32 Å². The van der Waals surface area contributed by atoms with Crippen molar-refractivity contribution in [3.63, 3.8) is 0 Å². The van der Waals surface area contributed by atoms with E-state index in [1.54, 1.807) is 4.90 Å². The first-order chi connectivity index (χ1) is 8.61. The van der Waals surface area contributed by atoms with Gasteiger partial charge in [0.05, 0.1) is 0 Å². The third-order valence-electron chi connectivity index (χ3n) is 2.98. The number of urea groups is 1. The van der Waals surface area contributed by atoms with Gasteiger partial charge in [0, 0.05) is 30.5 Å². The average molecular weight is 291 g/mol. The van der Waals surface area contributed by atoms with Gasteiger partial charge in [0.1, 0.15) is 5.82 Å². The smallest absolute Gasteiger partial charge is 0.317 e. The summed E-state index contributed by atoms with van der Waals surface area (Å²) in [5.74, 6) is -0.143. The SMILES string of the molecule is O=C1NCCN1CCc1cc(F)cc(Cl)c1CCl. The van der Waals surface area contributed by atoms with Crippen molar-refractivity contribution in [2.24, 2.45) is 0 Å². The fourth-order valence-corrected chi connectivity index (χ4v) is 2.69. The quantitative estimate of drug-likeness (QED) is 0.850. The molecule has 1 heterocycles. The molecule has 0 aromatic heterocycles. The van der Waals surface area contributed by atoms with Gasteiger partial charge in [0.2, 0.25) is 0 Å². The molecule has 18 heavy (non-hydrogen) atoms. The lowest BCUT2D eigenvalue weighted by molar-refractivity contribution is 0.218. The van der Waals surface area contributed by atoms with E-state index in [-0.39, 0.29) is 17.7 Å². The lowest BCUT2D eigenvalue weighted by Gasteiger charge is -2.16. The van der Waals surface area contributed by atoms with Gasteiger partial charge in [-0.3, -0.25) is 0 Å². The van der Waals surface area contributed by atoms with E-state index in [1.165, 1.54) is 12.1 Å². The van der Waals surface area contributed by atoms with Crippen LogP contribution in [0.5, 0.6) is 0 Å². The normalized spacial score (nSPS) is 15.1. The zero-order chi connectivity index (χ0) is 13.1. The molecule has 1 aromatic rings. The number of carbonyl (C=O) groups is 1. The summed E-state index contributed by atoms with van der Waals surface area (Å²) in [6.45, 7) is 1.87. The first-order valence-electron chi connectivity index (χ1n) is 5.67. The molecule has 3 nitrogen and oxygen atoms in total. The second-order valence-electron chi connectivity index (χ2n) is 4.13. The van der Waals surface area contributed by atoms with Crippen molar-refractivity contribution in [3.05, 3.63) is 34.1 Å². The van der Waals surface area contributed by atoms with Crippen LogP contribution in [0.15, 0.2) is 12.1 Å². The van der Waals surface area contributed by atoms with Crippen molar-refractivity contribution in [1.82, 2.24) is 10.2 Å². The van der Waals surface area contributed by atoms with E-state index in [1.807, 2.05) is 0 Å². The summed E-state index contributed by atoms with van der Waals surface area (Å²) in [4.78, 5) is 13.1. The third-order valence-corrected chi connectivity index (χ3v) is 3.59. The minimum atomic E-state index is -0.380. The van der Waals surface area contributed by atoms with Crippen molar-refractivity contribution in [2.45, 2.75) is 12.3 Å². The molecule has 0 bridgehead atoms. The Morgan fingerprint density at radius 3 is 2.83 bits per heavy atom. The number of hydrogen-bond donors (Lipinski definition) is 1. The van der Waals surface area contributed by atoms with Gasteiger partial charge in [-0.15, -0.1) is 11.6 Å². The fraction of sp³-hybridized carbons (Fsp3) is 0.417. The van der Waals surface area contributed by atoms with Gasteiger partial charge < -0.3 is 10.2 Å². The highest BCUT2D eigenvalue weighted by Gasteiger charge is 2.19. The molecule has 0 unspecified atom stereocenters. The summed E-state index contributed by atoms with van der Waals surface area (Å²) in [7, 11) is 0. The molecule has 1 aromatic carbocycles. The van der Waals surface area contributed by atoms with Crippen LogP contribution in [0.1, 0.15) is 11.1 Å². The van der Waals surface area contributed by atoms with Gasteiger partial charge in [0.25, 0.3) is 0 Å². The number of nitrogens with one attached hydrogen (secondary N) is 1. The Morgan fingerprint density at radius 1 is 1.44 bits per heavy atom. The van der Waals surface area contributed by atoms with Gasteiger partial charge in [-0.1, -0.05) is 11.6 Å². The van der Waals surface area contributed by atoms with E-state index in [4.69, 9.17) is 23.2 Å². The van der Waals surface area contributed by atoms with Crippen LogP contribution in [-0.4, -0.2) is 30.6 Å². The topological polar surface area (TPSA) is 32.3 Å². The molecule has 2 amide bonds. The summed E-state index contributed by atoms with van der Waals surface area (Å²) in [6.07, 6.45) is 0.549. The van der Waals surface area contributed by atoms with Gasteiger partial charge >= 0.3 is 6.03 Å². The van der Waals surface area contributed by atoms with E-state index in [2.05, 4.69) is 5.32 Å². The number of carbonyl (C=O) groups excluding carboxylic acids is 1. The van der Waals surface area contributed by atoms with Crippen LogP contribution in [0.4, 0.5) is 9.18 Å². The molecule has 98 valence electrons. The van der Waals surface area contributed by atoms with Gasteiger partial charge in [-0.2, -0.15) is 0 Å². The zero-order valence-electron chi connectivity index (χ0n) is 9.68. The summed E-state index contributed by atoms with van der Waals surface area (Å²) in [5.41, 5.74) is 1.49. The maximum atomic E-state index is 13.3. The predicted molar refractivity (Wildman–Crippen MR) is 69.6 cm³/mol. The number of amides is 2. The van der Waals surface area contributed by atoms with Crippen LogP contribution >= 0.6 is 23.2 Å². The standard InChI is InChI=1S/C12H13Cl2FN2O/c13-7-10-8(5-9(15)6-11(10)14)1-3-17-4-2-16-12(17)18/h5-6H,1-4,7H2,(H,16,18). The first kappa shape index (κ1) is 13.4. The largest absolute Gasteiger partial charge is 0.336 e. The highest BCUT2D eigenvalue weighted by molar-refractivity contribution is 6.32. The average Bonchev–Trinajstić information content (AvgIpc) is 2.71. The Labute approximate surface area is 115 Å². The Hall–Kier alpha value is -1.00. The Bertz CT molecular complexity index is 468. The maximum absolute atomic E-state index is 13.3. The van der Waals surface area contributed by atoms with Gasteiger partial charge in [-0.25, -0.2) is 9.18 Å². The number of nitrogens with zero attached hydrogens (tertiary/aromatic N) is 1. The second kappa shape index (κ2) is 5.76. The molecule has 1 aliphatic heterocycles. The molecule has 1 aliphatic rings. The molecule has 0 saturated carbocycles. The van der Waals surface area contributed by atoms with Crippen molar-refractivity contribution >= 4 is 29.2 Å². The molecule has 1 saturated heterocycles. The fourth-order valence-electron chi connectivity index (χ4n) is 2.01. The highest BCUT2D eigenvalue weighted by Crippen LogP contribution is 2.24. The number of benzene rings is 1. The summed E-state index contributed by atoms with van der Waals surface area (Å²) in [5, 5.41) is 3.06. The summed E-state index contributed by atoms with van der Waals surface area (Å²) < 4.78 is 13.3. The monoisotopic (exact) mass is 290 g/mol. The molecule has 0 spiro atoms. The zero-order valence-corrected chi connectivity index (χ0v) is 11.2. The molecule has 1 fully saturated rings. The van der Waals surface area contributed by atoms with Crippen molar-refractivity contribution < 1.29 is 9.18 Å². The minimum absolute atomic E-state index is 0.0788. The number of hydrogen-bond acceptors (Lipinski definition) is 1. The summed E-state index contributed by atoms with van der Waals surface area (Å²) >= 11 is 11.8. The predicted octanol–water partition coefficient (Wildman–Crippen LogP) is 2.79. The van der Waals surface area contributed by atoms with Crippen molar-refractivity contribution in [3.8, 4) is 0 Å². The van der Waals surface area contributed by atoms with Crippen LogP contribution in [0.3, 0.4) is 0 Å². The van der Waals surface area contributed by atoms with E-state index in [0.717, 1.165) is 11.1 Å². The lowest BCUT2D eigenvalue weighted by atomic mass is 10.1. The van der Waals surface area contributed by atoms with E-state index < -0.39 is 0 Å². The summed E-state index contributed by atoms with van der Waals surface area (Å²) in [6, 6.07) is 2.60. The van der Waals surface area contributed by atoms with Gasteiger partial charge in [0.15, 0.2) is 0 Å². The van der Waals surface area contributed by atoms with E-state index >= 15 is 0 Å². The lowest BCUT2D eigenvalue weighted by Crippen LogP contribution is -2.30. The Balaban J connectivity index is 2.10. The number of alkyl halides is 1. The second-order valence-corrected chi connectivity index (χ2v) is 4.80. The van der Waals surface area contributed by atoms with Crippen molar-refractivity contribution in [2.75, 3.05) is 19.6 Å². The van der Waals surface area contributed by atoms with Crippen LogP contribution in [0.2, 0.25) is 5.02 Å². The van der Waals surface area contributed by atoms with Crippen LogP contribution in [0.25, 0.3) is 0 Å². The highest BCUT2D eigenvalue weighted by atomic mass is 35.5. The van der Waals surface area contributed by atoms with E-state index in [0.29, 0.717) is 31.1 Å². The van der Waals surface area contributed by atoms with E-state index in [9.17, 15) is 9.18 Å². The molecule has 6 heteroatoms. The van der Waals surface area contributed by atoms with Crippen LogP contribution in [0, 0.1) is 5.82 Å². The minimum Gasteiger partial charge on any atom is -0.336 e.